The zero-order chi connectivity index (χ0) is 10.7. The van der Waals surface area contributed by atoms with E-state index in [1.807, 2.05) is 37.3 Å². The summed E-state index contributed by atoms with van der Waals surface area (Å²) in [5.74, 6) is 0.608. The number of aromatic nitrogens is 2. The van der Waals surface area contributed by atoms with Gasteiger partial charge in [0.25, 0.3) is 0 Å². The van der Waals surface area contributed by atoms with Crippen LogP contribution in [0.15, 0.2) is 34.8 Å². The zero-order valence-corrected chi connectivity index (χ0v) is 9.91. The molecule has 3 nitrogen and oxygen atoms in total. The van der Waals surface area contributed by atoms with Crippen LogP contribution >= 0.6 is 15.9 Å². The van der Waals surface area contributed by atoms with Crippen molar-refractivity contribution >= 4 is 15.9 Å². The third-order valence-corrected chi connectivity index (χ3v) is 2.76. The summed E-state index contributed by atoms with van der Waals surface area (Å²) < 4.78 is 6.22. The summed E-state index contributed by atoms with van der Waals surface area (Å²) >= 11 is 3.47. The molecule has 0 aliphatic heterocycles. The van der Waals surface area contributed by atoms with Crippen LogP contribution in [-0.4, -0.2) is 16.8 Å². The topological polar surface area (TPSA) is 37.9 Å². The van der Waals surface area contributed by atoms with Crippen molar-refractivity contribution in [3.8, 4) is 17.1 Å². The van der Waals surface area contributed by atoms with Gasteiger partial charge < -0.3 is 4.74 Å². The van der Waals surface area contributed by atoms with Crippen molar-refractivity contribution in [3.63, 3.8) is 0 Å². The third kappa shape index (κ3) is 2.04. The first-order chi connectivity index (χ1) is 7.33. The maximum atomic E-state index is 5.35. The number of aromatic amines is 1. The predicted octanol–water partition coefficient (Wildman–Crippen LogP) is 3.24. The van der Waals surface area contributed by atoms with E-state index >= 15 is 0 Å². The van der Waals surface area contributed by atoms with Gasteiger partial charge in [0.2, 0.25) is 5.88 Å². The Morgan fingerprint density at radius 3 is 2.73 bits per heavy atom. The van der Waals surface area contributed by atoms with Crippen LogP contribution in [0.1, 0.15) is 6.92 Å². The van der Waals surface area contributed by atoms with Crippen molar-refractivity contribution in [1.82, 2.24) is 10.2 Å². The minimum atomic E-state index is 0.608. The fourth-order valence-electron chi connectivity index (χ4n) is 1.34. The lowest BCUT2D eigenvalue weighted by molar-refractivity contribution is 0.324. The highest BCUT2D eigenvalue weighted by Gasteiger charge is 2.12. The smallest absolute Gasteiger partial charge is 0.247 e. The first-order valence-electron chi connectivity index (χ1n) is 4.75. The lowest BCUT2D eigenvalue weighted by Gasteiger charge is -1.99. The highest BCUT2D eigenvalue weighted by Crippen LogP contribution is 2.32. The fraction of sp³-hybridized carbons (Fsp3) is 0.182. The second-order valence-electron chi connectivity index (χ2n) is 3.02. The van der Waals surface area contributed by atoms with Crippen LogP contribution in [0, 0.1) is 0 Å². The van der Waals surface area contributed by atoms with E-state index in [4.69, 9.17) is 4.74 Å². The number of nitrogens with zero attached hydrogens (tertiary/aromatic N) is 1. The number of rotatable bonds is 3. The van der Waals surface area contributed by atoms with E-state index in [1.165, 1.54) is 0 Å². The number of hydrogen-bond donors (Lipinski definition) is 1. The van der Waals surface area contributed by atoms with E-state index in [0.29, 0.717) is 12.5 Å². The molecule has 0 bridgehead atoms. The summed E-state index contributed by atoms with van der Waals surface area (Å²) in [7, 11) is 0. The van der Waals surface area contributed by atoms with Crippen LogP contribution in [-0.2, 0) is 0 Å². The molecule has 0 saturated heterocycles. The Labute approximate surface area is 96.6 Å². The molecular weight excluding hydrogens is 256 g/mol. The number of halogens is 1. The maximum absolute atomic E-state index is 5.35. The molecule has 0 aliphatic rings. The quantitative estimate of drug-likeness (QED) is 0.927. The Bertz CT molecular complexity index is 439. The molecule has 0 unspecified atom stereocenters. The Morgan fingerprint density at radius 1 is 1.33 bits per heavy atom. The second kappa shape index (κ2) is 4.49. The summed E-state index contributed by atoms with van der Waals surface area (Å²) in [4.78, 5) is 0. The van der Waals surface area contributed by atoms with Gasteiger partial charge in [-0.25, -0.2) is 0 Å². The highest BCUT2D eigenvalue weighted by molar-refractivity contribution is 9.10. The molecule has 1 aromatic carbocycles. The number of benzene rings is 1. The van der Waals surface area contributed by atoms with Crippen LogP contribution in [0.25, 0.3) is 11.3 Å². The standard InChI is InChI=1S/C11H11BrN2O/c1-2-15-11-9(12)10(13-14-11)8-6-4-3-5-7-8/h3-7H,2H2,1H3,(H,13,14). The van der Waals surface area contributed by atoms with E-state index in [-0.39, 0.29) is 0 Å². The average Bonchev–Trinajstić information content (AvgIpc) is 2.63. The first-order valence-corrected chi connectivity index (χ1v) is 5.54. The minimum Gasteiger partial charge on any atom is -0.476 e. The molecule has 4 heteroatoms. The van der Waals surface area contributed by atoms with Crippen LogP contribution in [0.3, 0.4) is 0 Å². The zero-order valence-electron chi connectivity index (χ0n) is 8.33. The van der Waals surface area contributed by atoms with Gasteiger partial charge in [-0.2, -0.15) is 0 Å². The van der Waals surface area contributed by atoms with Crippen molar-refractivity contribution in [2.45, 2.75) is 6.92 Å². The minimum absolute atomic E-state index is 0.608. The second-order valence-corrected chi connectivity index (χ2v) is 3.81. The molecule has 2 aromatic rings. The van der Waals surface area contributed by atoms with E-state index in [0.717, 1.165) is 15.7 Å². The van der Waals surface area contributed by atoms with Crippen molar-refractivity contribution in [2.75, 3.05) is 6.61 Å². The predicted molar refractivity (Wildman–Crippen MR) is 62.9 cm³/mol. The molecule has 0 spiro atoms. The van der Waals surface area contributed by atoms with Gasteiger partial charge in [-0.15, -0.1) is 5.10 Å². The van der Waals surface area contributed by atoms with E-state index in [2.05, 4.69) is 26.1 Å². The molecule has 0 radical (unpaired) electrons. The molecule has 1 N–H and O–H groups in total. The molecule has 0 fully saturated rings. The maximum Gasteiger partial charge on any atom is 0.247 e. The van der Waals surface area contributed by atoms with E-state index in [9.17, 15) is 0 Å². The van der Waals surface area contributed by atoms with Crippen molar-refractivity contribution in [1.29, 1.82) is 0 Å². The van der Waals surface area contributed by atoms with Gasteiger partial charge in [-0.1, -0.05) is 30.3 Å². The van der Waals surface area contributed by atoms with Crippen LogP contribution in [0.4, 0.5) is 0 Å². The number of hydrogen-bond acceptors (Lipinski definition) is 2. The summed E-state index contributed by atoms with van der Waals surface area (Å²) in [6, 6.07) is 10.0. The molecular formula is C11H11BrN2O. The van der Waals surface area contributed by atoms with Gasteiger partial charge in [-0.3, -0.25) is 5.10 Å². The van der Waals surface area contributed by atoms with Gasteiger partial charge in [0, 0.05) is 5.56 Å². The number of H-pyrrole nitrogens is 1. The largest absolute Gasteiger partial charge is 0.476 e. The van der Waals surface area contributed by atoms with Crippen molar-refractivity contribution in [3.05, 3.63) is 34.8 Å². The molecule has 2 rings (SSSR count). The van der Waals surface area contributed by atoms with Crippen LogP contribution in [0.2, 0.25) is 0 Å². The first kappa shape index (κ1) is 10.2. The Hall–Kier alpha value is -1.29. The molecule has 78 valence electrons. The SMILES string of the molecule is CCOc1n[nH]c(-c2ccccc2)c1Br. The van der Waals surface area contributed by atoms with E-state index < -0.39 is 0 Å². The number of nitrogens with one attached hydrogen (secondary N) is 1. The molecule has 0 saturated carbocycles. The third-order valence-electron chi connectivity index (χ3n) is 2.02. The molecule has 15 heavy (non-hydrogen) atoms. The summed E-state index contributed by atoms with van der Waals surface area (Å²) in [6.07, 6.45) is 0. The summed E-state index contributed by atoms with van der Waals surface area (Å²) in [5.41, 5.74) is 2.03. The fourth-order valence-corrected chi connectivity index (χ4v) is 1.86. The highest BCUT2D eigenvalue weighted by atomic mass is 79.9. The molecule has 0 amide bonds. The normalized spacial score (nSPS) is 10.3. The van der Waals surface area contributed by atoms with Gasteiger partial charge in [0.15, 0.2) is 0 Å². The summed E-state index contributed by atoms with van der Waals surface area (Å²) in [6.45, 7) is 2.54. The van der Waals surface area contributed by atoms with E-state index in [1.54, 1.807) is 0 Å². The average molecular weight is 267 g/mol. The Kier molecular flexibility index (Phi) is 3.06. The van der Waals surface area contributed by atoms with Crippen molar-refractivity contribution in [2.24, 2.45) is 0 Å². The lowest BCUT2D eigenvalue weighted by atomic mass is 10.2. The monoisotopic (exact) mass is 266 g/mol. The summed E-state index contributed by atoms with van der Waals surface area (Å²) in [5, 5.41) is 7.04. The molecule has 0 aliphatic carbocycles. The molecule has 1 heterocycles. The molecule has 0 atom stereocenters. The number of ether oxygens (including phenoxy) is 1. The van der Waals surface area contributed by atoms with Crippen molar-refractivity contribution < 1.29 is 4.74 Å². The van der Waals surface area contributed by atoms with Crippen LogP contribution in [0.5, 0.6) is 5.88 Å². The Morgan fingerprint density at radius 2 is 2.07 bits per heavy atom. The lowest BCUT2D eigenvalue weighted by Crippen LogP contribution is -1.91. The van der Waals surface area contributed by atoms with Gasteiger partial charge in [0.1, 0.15) is 4.47 Å². The van der Waals surface area contributed by atoms with Gasteiger partial charge >= 0.3 is 0 Å². The van der Waals surface area contributed by atoms with Gasteiger partial charge in [-0.05, 0) is 22.9 Å². The molecule has 1 aromatic heterocycles. The Balaban J connectivity index is 2.38. The van der Waals surface area contributed by atoms with Gasteiger partial charge in [0.05, 0.1) is 12.3 Å². The van der Waals surface area contributed by atoms with Crippen LogP contribution < -0.4 is 4.74 Å².